The zero-order valence-electron chi connectivity index (χ0n) is 14.6. The van der Waals surface area contributed by atoms with Crippen molar-refractivity contribution in [3.63, 3.8) is 0 Å². The minimum absolute atomic E-state index is 0. The van der Waals surface area contributed by atoms with E-state index in [-0.39, 0.29) is 30.7 Å². The number of carbonyl (C=O) groups excluding carboxylic acids is 1. The summed E-state index contributed by atoms with van der Waals surface area (Å²) < 4.78 is 5.73. The lowest BCUT2D eigenvalue weighted by atomic mass is 10.3. The molecule has 0 spiro atoms. The van der Waals surface area contributed by atoms with Crippen molar-refractivity contribution in [3.8, 4) is 5.75 Å². The average Bonchev–Trinajstić information content (AvgIpc) is 3.41. The van der Waals surface area contributed by atoms with Crippen molar-refractivity contribution in [3.05, 3.63) is 30.3 Å². The Labute approximate surface area is 162 Å². The lowest BCUT2D eigenvalue weighted by Gasteiger charge is -2.34. The number of benzene rings is 1. The van der Waals surface area contributed by atoms with Gasteiger partial charge in [-0.05, 0) is 37.4 Å². The summed E-state index contributed by atoms with van der Waals surface area (Å²) in [6.45, 7) is 6.64. The largest absolute Gasteiger partial charge is 0.492 e. The summed E-state index contributed by atoms with van der Waals surface area (Å²) in [7, 11) is 0. The van der Waals surface area contributed by atoms with Gasteiger partial charge in [-0.1, -0.05) is 18.2 Å². The van der Waals surface area contributed by atoms with Gasteiger partial charge in [-0.3, -0.25) is 9.69 Å². The summed E-state index contributed by atoms with van der Waals surface area (Å²) in [6, 6.07) is 9.91. The topological polar surface area (TPSA) is 44.8 Å². The van der Waals surface area contributed by atoms with Crippen molar-refractivity contribution < 1.29 is 9.53 Å². The molecule has 1 N–H and O–H groups in total. The Bertz CT molecular complexity index is 492. The number of rotatable bonds is 8. The fourth-order valence-electron chi connectivity index (χ4n) is 2.85. The van der Waals surface area contributed by atoms with Gasteiger partial charge in [-0.2, -0.15) is 0 Å². The highest BCUT2D eigenvalue weighted by Gasteiger charge is 2.23. The number of hydrogen-bond donors (Lipinski definition) is 1. The molecule has 1 heterocycles. The molecule has 0 unspecified atom stereocenters. The highest BCUT2D eigenvalue weighted by molar-refractivity contribution is 5.85. The quantitative estimate of drug-likeness (QED) is 0.738. The third kappa shape index (κ3) is 7.82. The van der Waals surface area contributed by atoms with E-state index in [1.165, 1.54) is 12.8 Å². The van der Waals surface area contributed by atoms with Gasteiger partial charge in [0, 0.05) is 32.7 Å². The van der Waals surface area contributed by atoms with Crippen LogP contribution in [0.25, 0.3) is 0 Å². The van der Waals surface area contributed by atoms with Gasteiger partial charge in [0.2, 0.25) is 5.91 Å². The highest BCUT2D eigenvalue weighted by atomic mass is 35.5. The fourth-order valence-corrected chi connectivity index (χ4v) is 2.85. The van der Waals surface area contributed by atoms with Gasteiger partial charge in [0.15, 0.2) is 0 Å². The van der Waals surface area contributed by atoms with Crippen LogP contribution >= 0.6 is 24.8 Å². The second kappa shape index (κ2) is 11.6. The molecule has 1 aliphatic heterocycles. The van der Waals surface area contributed by atoms with E-state index < -0.39 is 0 Å². The number of carbonyl (C=O) groups is 1. The minimum atomic E-state index is 0. The molecule has 1 aromatic carbocycles. The first-order valence-electron chi connectivity index (χ1n) is 8.70. The van der Waals surface area contributed by atoms with Crippen molar-refractivity contribution in [1.29, 1.82) is 0 Å². The zero-order chi connectivity index (χ0) is 15.9. The second-order valence-electron chi connectivity index (χ2n) is 6.46. The van der Waals surface area contributed by atoms with Gasteiger partial charge >= 0.3 is 0 Å². The van der Waals surface area contributed by atoms with E-state index in [0.717, 1.165) is 50.9 Å². The molecule has 3 rings (SSSR count). The molecule has 7 heteroatoms. The Morgan fingerprint density at radius 2 is 1.76 bits per heavy atom. The smallest absolute Gasteiger partial charge is 0.236 e. The van der Waals surface area contributed by atoms with E-state index in [2.05, 4.69) is 10.2 Å². The lowest BCUT2D eigenvalue weighted by Crippen LogP contribution is -2.51. The van der Waals surface area contributed by atoms with E-state index in [0.29, 0.717) is 13.2 Å². The van der Waals surface area contributed by atoms with Crippen LogP contribution in [-0.2, 0) is 4.79 Å². The van der Waals surface area contributed by atoms with Gasteiger partial charge in [0.05, 0.1) is 6.54 Å². The third-order valence-electron chi connectivity index (χ3n) is 4.55. The zero-order valence-corrected chi connectivity index (χ0v) is 16.2. The summed E-state index contributed by atoms with van der Waals surface area (Å²) >= 11 is 0. The molecule has 1 saturated carbocycles. The molecule has 25 heavy (non-hydrogen) atoms. The first-order valence-corrected chi connectivity index (χ1v) is 8.70. The third-order valence-corrected chi connectivity index (χ3v) is 4.55. The minimum Gasteiger partial charge on any atom is -0.492 e. The van der Waals surface area contributed by atoms with E-state index >= 15 is 0 Å². The average molecular weight is 390 g/mol. The van der Waals surface area contributed by atoms with Crippen molar-refractivity contribution in [2.75, 3.05) is 52.4 Å². The van der Waals surface area contributed by atoms with E-state index in [9.17, 15) is 4.79 Å². The summed E-state index contributed by atoms with van der Waals surface area (Å²) in [4.78, 5) is 16.5. The normalized spacial score (nSPS) is 17.4. The lowest BCUT2D eigenvalue weighted by molar-refractivity contribution is -0.132. The fraction of sp³-hybridized carbons (Fsp3) is 0.611. The van der Waals surface area contributed by atoms with Gasteiger partial charge in [-0.15, -0.1) is 24.8 Å². The van der Waals surface area contributed by atoms with Crippen LogP contribution in [0.15, 0.2) is 30.3 Å². The number of nitrogens with one attached hydrogen (secondary N) is 1. The molecule has 2 fully saturated rings. The number of ether oxygens (including phenoxy) is 1. The Hall–Kier alpha value is -1.01. The maximum absolute atomic E-state index is 12.1. The van der Waals surface area contributed by atoms with Crippen LogP contribution < -0.4 is 10.1 Å². The van der Waals surface area contributed by atoms with Crippen molar-refractivity contribution in [2.24, 2.45) is 5.92 Å². The molecule has 1 amide bonds. The molecule has 0 atom stereocenters. The van der Waals surface area contributed by atoms with Crippen LogP contribution in [0.3, 0.4) is 0 Å². The van der Waals surface area contributed by atoms with E-state index in [1.807, 2.05) is 35.2 Å². The van der Waals surface area contributed by atoms with E-state index in [1.54, 1.807) is 0 Å². The van der Waals surface area contributed by atoms with Crippen molar-refractivity contribution in [2.45, 2.75) is 12.8 Å². The first kappa shape index (κ1) is 22.0. The summed E-state index contributed by atoms with van der Waals surface area (Å²) in [5.74, 6) is 1.98. The highest BCUT2D eigenvalue weighted by Crippen LogP contribution is 2.27. The monoisotopic (exact) mass is 389 g/mol. The molecule has 0 aromatic heterocycles. The molecule has 1 saturated heterocycles. The number of halogens is 2. The van der Waals surface area contributed by atoms with Crippen LogP contribution in [0.4, 0.5) is 0 Å². The van der Waals surface area contributed by atoms with Gasteiger partial charge < -0.3 is 15.0 Å². The van der Waals surface area contributed by atoms with E-state index in [4.69, 9.17) is 4.74 Å². The molecule has 1 aromatic rings. The number of hydrogen-bond acceptors (Lipinski definition) is 4. The predicted octanol–water partition coefficient (Wildman–Crippen LogP) is 2.05. The summed E-state index contributed by atoms with van der Waals surface area (Å²) in [6.07, 6.45) is 2.65. The molecule has 2 aliphatic rings. The van der Waals surface area contributed by atoms with Crippen LogP contribution in [0, 0.1) is 5.92 Å². The molecular weight excluding hydrogens is 361 g/mol. The Morgan fingerprint density at radius 1 is 1.08 bits per heavy atom. The van der Waals surface area contributed by atoms with Crippen LogP contribution in [0.5, 0.6) is 5.75 Å². The number of piperazine rings is 1. The summed E-state index contributed by atoms with van der Waals surface area (Å²) in [5, 5.41) is 3.28. The number of amides is 1. The van der Waals surface area contributed by atoms with Crippen LogP contribution in [0.1, 0.15) is 12.8 Å². The maximum atomic E-state index is 12.1. The predicted molar refractivity (Wildman–Crippen MR) is 105 cm³/mol. The van der Waals surface area contributed by atoms with Crippen molar-refractivity contribution >= 4 is 30.7 Å². The SMILES string of the molecule is Cl.Cl.O=C(CNCC1CC1)N1CCN(CCOc2ccccc2)CC1. The van der Waals surface area contributed by atoms with Crippen LogP contribution in [0.2, 0.25) is 0 Å². The molecule has 0 bridgehead atoms. The first-order chi connectivity index (χ1) is 11.3. The van der Waals surface area contributed by atoms with Gasteiger partial charge in [0.1, 0.15) is 12.4 Å². The molecule has 0 radical (unpaired) electrons. The molecule has 5 nitrogen and oxygen atoms in total. The van der Waals surface area contributed by atoms with Gasteiger partial charge in [0.25, 0.3) is 0 Å². The second-order valence-corrected chi connectivity index (χ2v) is 6.46. The van der Waals surface area contributed by atoms with Crippen molar-refractivity contribution in [1.82, 2.24) is 15.1 Å². The Balaban J connectivity index is 0.00000156. The maximum Gasteiger partial charge on any atom is 0.236 e. The Morgan fingerprint density at radius 3 is 2.40 bits per heavy atom. The summed E-state index contributed by atoms with van der Waals surface area (Å²) in [5.41, 5.74) is 0. The molecular formula is C18H29Cl2N3O2. The Kier molecular flexibility index (Phi) is 10.2. The number of para-hydroxylation sites is 1. The molecule has 142 valence electrons. The van der Waals surface area contributed by atoms with Gasteiger partial charge in [-0.25, -0.2) is 0 Å². The number of nitrogens with zero attached hydrogens (tertiary/aromatic N) is 2. The van der Waals surface area contributed by atoms with Crippen LogP contribution in [-0.4, -0.2) is 68.1 Å². The molecule has 1 aliphatic carbocycles. The standard InChI is InChI=1S/C18H27N3O2.2ClH/c22-18(15-19-14-16-6-7-16)21-10-8-20(9-11-21)12-13-23-17-4-2-1-3-5-17;;/h1-5,16,19H,6-15H2;2*1H.